The number of amides is 1. The number of carbonyl (C=O) groups excluding carboxylic acids is 1. The van der Waals surface area contributed by atoms with Gasteiger partial charge in [0, 0.05) is 47.4 Å². The predicted molar refractivity (Wildman–Crippen MR) is 144 cm³/mol. The Hall–Kier alpha value is -4.63. The number of nitrogens with zero attached hydrogens (tertiary/aromatic N) is 3. The van der Waals surface area contributed by atoms with E-state index in [-0.39, 0.29) is 5.95 Å². The highest BCUT2D eigenvalue weighted by Crippen LogP contribution is 2.39. The van der Waals surface area contributed by atoms with Crippen LogP contribution in [-0.4, -0.2) is 54.1 Å². The maximum Gasteiger partial charge on any atom is 0.419 e. The first kappa shape index (κ1) is 25.0. The Kier molecular flexibility index (Phi) is 7.37. The molecule has 1 aliphatic rings. The van der Waals surface area contributed by atoms with E-state index in [4.69, 9.17) is 13.9 Å². The van der Waals surface area contributed by atoms with E-state index in [1.165, 1.54) is 0 Å². The monoisotopic (exact) mass is 512 g/mol. The Bertz CT molecular complexity index is 1450. The van der Waals surface area contributed by atoms with Crippen LogP contribution in [0.4, 0.5) is 10.5 Å². The van der Waals surface area contributed by atoms with E-state index in [0.29, 0.717) is 30.2 Å². The molecular weight excluding hydrogens is 484 g/mol. The fourth-order valence-electron chi connectivity index (χ4n) is 4.31. The van der Waals surface area contributed by atoms with Gasteiger partial charge in [-0.1, -0.05) is 17.3 Å². The topological polar surface area (TPSA) is 109 Å². The minimum absolute atomic E-state index is 0.0612. The van der Waals surface area contributed by atoms with Gasteiger partial charge in [0.05, 0.1) is 5.71 Å². The van der Waals surface area contributed by atoms with Crippen molar-refractivity contribution in [2.75, 3.05) is 32.6 Å². The summed E-state index contributed by atoms with van der Waals surface area (Å²) in [7, 11) is 3.97. The Labute approximate surface area is 220 Å². The van der Waals surface area contributed by atoms with Gasteiger partial charge >= 0.3 is 6.09 Å². The quantitative estimate of drug-likeness (QED) is 0.231. The summed E-state index contributed by atoms with van der Waals surface area (Å²) in [5.74, 6) is 1.34. The first-order chi connectivity index (χ1) is 18.5. The van der Waals surface area contributed by atoms with Gasteiger partial charge in [0.25, 0.3) is 5.95 Å². The molecule has 1 aliphatic carbocycles. The smallest absolute Gasteiger partial charge is 0.419 e. The van der Waals surface area contributed by atoms with Gasteiger partial charge in [0.15, 0.2) is 0 Å². The van der Waals surface area contributed by atoms with Crippen LogP contribution in [0.25, 0.3) is 22.5 Å². The van der Waals surface area contributed by atoms with E-state index in [2.05, 4.69) is 15.5 Å². The number of nitrogens with one attached hydrogen (secondary N) is 1. The van der Waals surface area contributed by atoms with Crippen molar-refractivity contribution in [3.8, 4) is 34.1 Å². The van der Waals surface area contributed by atoms with Crippen molar-refractivity contribution < 1.29 is 23.9 Å². The first-order valence-electron chi connectivity index (χ1n) is 12.3. The molecule has 38 heavy (non-hydrogen) atoms. The molecule has 0 bridgehead atoms. The van der Waals surface area contributed by atoms with E-state index in [0.717, 1.165) is 46.5 Å². The fourth-order valence-corrected chi connectivity index (χ4v) is 4.31. The first-order valence-corrected chi connectivity index (χ1v) is 12.3. The Morgan fingerprint density at radius 1 is 1.03 bits per heavy atom. The molecule has 0 saturated heterocycles. The van der Waals surface area contributed by atoms with Gasteiger partial charge in [-0.2, -0.15) is 0 Å². The van der Waals surface area contributed by atoms with Crippen LogP contribution in [0.15, 0.2) is 82.6 Å². The number of anilines is 1. The van der Waals surface area contributed by atoms with Crippen LogP contribution in [0.5, 0.6) is 11.7 Å². The maximum absolute atomic E-state index is 12.7. The van der Waals surface area contributed by atoms with Crippen molar-refractivity contribution in [3.05, 3.63) is 84.2 Å². The molecule has 5 rings (SSSR count). The largest absolute Gasteiger partial charge is 0.492 e. The van der Waals surface area contributed by atoms with Crippen molar-refractivity contribution in [1.29, 1.82) is 0 Å². The summed E-state index contributed by atoms with van der Waals surface area (Å²) in [6, 6.07) is 18.3. The Morgan fingerprint density at radius 3 is 2.55 bits per heavy atom. The van der Waals surface area contributed by atoms with E-state index in [1.807, 2.05) is 49.3 Å². The number of ether oxygens (including phenoxy) is 2. The molecular formula is C29H28N4O5. The summed E-state index contributed by atoms with van der Waals surface area (Å²) in [5.41, 5.74) is 5.71. The molecule has 2 aromatic heterocycles. The van der Waals surface area contributed by atoms with Crippen molar-refractivity contribution in [2.24, 2.45) is 5.16 Å². The van der Waals surface area contributed by atoms with Gasteiger partial charge in [0.1, 0.15) is 18.1 Å². The second kappa shape index (κ2) is 11.2. The fraction of sp³-hybridized carbons (Fsp3) is 0.207. The number of benzene rings is 2. The van der Waals surface area contributed by atoms with Gasteiger partial charge in [-0.3, -0.25) is 10.3 Å². The number of hydrogen-bond acceptors (Lipinski definition) is 8. The molecule has 2 heterocycles. The molecule has 0 spiro atoms. The van der Waals surface area contributed by atoms with Gasteiger partial charge in [-0.05, 0) is 80.5 Å². The van der Waals surface area contributed by atoms with E-state index >= 15 is 0 Å². The number of likely N-dealkylation sites (N-methyl/N-ethyl adjacent to an activating group) is 1. The number of furan rings is 1. The van der Waals surface area contributed by atoms with Gasteiger partial charge in [0.2, 0.25) is 0 Å². The van der Waals surface area contributed by atoms with Crippen molar-refractivity contribution in [2.45, 2.75) is 12.8 Å². The zero-order valence-electron chi connectivity index (χ0n) is 21.2. The number of rotatable bonds is 8. The number of aryl methyl sites for hydroxylation is 1. The molecule has 0 saturated carbocycles. The second-order valence-electron chi connectivity index (χ2n) is 9.15. The van der Waals surface area contributed by atoms with Crippen LogP contribution in [0.3, 0.4) is 0 Å². The maximum atomic E-state index is 12.7. The number of fused-ring (bicyclic) bond motifs is 1. The number of oxime groups is 1. The lowest BCUT2D eigenvalue weighted by Crippen LogP contribution is -2.19. The molecule has 9 heteroatoms. The highest BCUT2D eigenvalue weighted by molar-refractivity contribution is 6.04. The molecule has 4 aromatic rings. The molecule has 194 valence electrons. The molecule has 2 aromatic carbocycles. The van der Waals surface area contributed by atoms with Crippen molar-refractivity contribution >= 4 is 17.5 Å². The summed E-state index contributed by atoms with van der Waals surface area (Å²) >= 11 is 0. The highest BCUT2D eigenvalue weighted by atomic mass is 16.6. The third-order valence-corrected chi connectivity index (χ3v) is 6.23. The molecule has 2 N–H and O–H groups in total. The summed E-state index contributed by atoms with van der Waals surface area (Å²) in [5, 5.41) is 15.4. The lowest BCUT2D eigenvalue weighted by atomic mass is 10.00. The third-order valence-electron chi connectivity index (χ3n) is 6.23. The molecule has 9 nitrogen and oxygen atoms in total. The minimum atomic E-state index is -0.675. The predicted octanol–water partition coefficient (Wildman–Crippen LogP) is 5.68. The van der Waals surface area contributed by atoms with E-state index in [9.17, 15) is 10.0 Å². The molecule has 0 radical (unpaired) electrons. The van der Waals surface area contributed by atoms with Gasteiger partial charge in [-0.15, -0.1) is 0 Å². The third kappa shape index (κ3) is 5.68. The SMILES string of the molecule is CN(C)CCOc1ccc(NC(=O)Oc2cc(-c3ccncc3)c(-c3ccc4c(c3)CCC4=NO)o2)cc1. The Balaban J connectivity index is 1.34. The van der Waals surface area contributed by atoms with Crippen LogP contribution < -0.4 is 14.8 Å². The van der Waals surface area contributed by atoms with Crippen LogP contribution in [0.2, 0.25) is 0 Å². The average Bonchev–Trinajstić information content (AvgIpc) is 3.53. The normalized spacial score (nSPS) is 13.5. The van der Waals surface area contributed by atoms with Crippen molar-refractivity contribution in [3.63, 3.8) is 0 Å². The number of aromatic nitrogens is 1. The van der Waals surface area contributed by atoms with Gasteiger partial charge in [-0.25, -0.2) is 4.79 Å². The summed E-state index contributed by atoms with van der Waals surface area (Å²) in [4.78, 5) is 18.8. The van der Waals surface area contributed by atoms with Crippen LogP contribution >= 0.6 is 0 Å². The zero-order chi connectivity index (χ0) is 26.5. The highest BCUT2D eigenvalue weighted by Gasteiger charge is 2.22. The Morgan fingerprint density at radius 2 is 1.82 bits per heavy atom. The molecule has 0 atom stereocenters. The number of carbonyl (C=O) groups is 1. The molecule has 0 fully saturated rings. The number of pyridine rings is 1. The standard InChI is InChI=1S/C29H28N4O5/c1-33(2)15-16-36-23-7-5-22(6-8-23)31-29(34)38-27-18-25(19-11-13-30-14-12-19)28(37-27)21-3-9-24-20(17-21)4-10-26(24)32-35/h3,5-9,11-14,17-18,35H,4,10,15-16H2,1-2H3,(H,31,34). The van der Waals surface area contributed by atoms with Crippen molar-refractivity contribution in [1.82, 2.24) is 9.88 Å². The van der Waals surface area contributed by atoms with Gasteiger partial charge < -0.3 is 24.0 Å². The minimum Gasteiger partial charge on any atom is -0.492 e. The van der Waals surface area contributed by atoms with E-state index < -0.39 is 6.09 Å². The molecule has 0 aliphatic heterocycles. The number of hydrogen-bond donors (Lipinski definition) is 2. The summed E-state index contributed by atoms with van der Waals surface area (Å²) in [6.45, 7) is 1.38. The summed E-state index contributed by atoms with van der Waals surface area (Å²) < 4.78 is 17.3. The zero-order valence-corrected chi connectivity index (χ0v) is 21.2. The second-order valence-corrected chi connectivity index (χ2v) is 9.15. The molecule has 0 unspecified atom stereocenters. The van der Waals surface area contributed by atoms with Crippen LogP contribution in [0.1, 0.15) is 17.5 Å². The van der Waals surface area contributed by atoms with Crippen LogP contribution in [0, 0.1) is 0 Å². The van der Waals surface area contributed by atoms with E-state index in [1.54, 1.807) is 42.7 Å². The average molecular weight is 513 g/mol. The lowest BCUT2D eigenvalue weighted by Gasteiger charge is -2.11. The lowest BCUT2D eigenvalue weighted by molar-refractivity contribution is 0.202. The van der Waals surface area contributed by atoms with Crippen LogP contribution in [-0.2, 0) is 6.42 Å². The molecule has 1 amide bonds. The summed E-state index contributed by atoms with van der Waals surface area (Å²) in [6.07, 6.45) is 4.17.